The summed E-state index contributed by atoms with van der Waals surface area (Å²) in [4.78, 5) is 2.95. The predicted octanol–water partition coefficient (Wildman–Crippen LogP) is 2.80. The van der Waals surface area contributed by atoms with E-state index in [2.05, 4.69) is 16.9 Å². The number of nitrogens with zero attached hydrogens (tertiary/aromatic N) is 3. The monoisotopic (exact) mass is 247 g/mol. The smallest absolute Gasteiger partial charge is 0.231 e. The molecule has 1 fully saturated rings. The first kappa shape index (κ1) is 11.2. The molecule has 0 bridgehead atoms. The van der Waals surface area contributed by atoms with Crippen LogP contribution >= 0.6 is 0 Å². The van der Waals surface area contributed by atoms with Gasteiger partial charge in [0.2, 0.25) is 6.79 Å². The molecule has 0 N–H and O–H groups in total. The Morgan fingerprint density at radius 2 is 2.11 bits per heavy atom. The lowest BCUT2D eigenvalue weighted by atomic mass is 9.77. The average Bonchev–Trinajstić information content (AvgIpc) is 2.80. The van der Waals surface area contributed by atoms with Gasteiger partial charge in [0.15, 0.2) is 11.5 Å². The molecule has 2 aliphatic rings. The fraction of sp³-hybridized carbons (Fsp3) is 0.500. The summed E-state index contributed by atoms with van der Waals surface area (Å²) in [5.41, 5.74) is 9.53. The van der Waals surface area contributed by atoms with Crippen molar-refractivity contribution in [1.29, 1.82) is 0 Å². The number of hydrogen-bond acceptors (Lipinski definition) is 4. The zero-order valence-corrected chi connectivity index (χ0v) is 10.00. The maximum atomic E-state index is 8.74. The van der Waals surface area contributed by atoms with E-state index >= 15 is 0 Å². The van der Waals surface area contributed by atoms with Crippen molar-refractivity contribution in [1.82, 2.24) is 0 Å². The van der Waals surface area contributed by atoms with E-state index in [-0.39, 0.29) is 18.2 Å². The van der Waals surface area contributed by atoms with Crippen molar-refractivity contribution in [3.8, 4) is 11.5 Å². The molecule has 0 amide bonds. The van der Waals surface area contributed by atoms with Crippen LogP contribution in [0, 0.1) is 5.41 Å². The van der Waals surface area contributed by atoms with Gasteiger partial charge in [-0.25, -0.2) is 0 Å². The van der Waals surface area contributed by atoms with Crippen LogP contribution < -0.4 is 9.47 Å². The van der Waals surface area contributed by atoms with Crippen LogP contribution in [0.4, 0.5) is 0 Å². The van der Waals surface area contributed by atoms with Gasteiger partial charge in [0, 0.05) is 10.3 Å². The van der Waals surface area contributed by atoms with Crippen molar-refractivity contribution < 1.29 is 14.2 Å². The van der Waals surface area contributed by atoms with Gasteiger partial charge in [-0.3, -0.25) is 0 Å². The summed E-state index contributed by atoms with van der Waals surface area (Å²) in [7, 11) is 0. The molecule has 6 nitrogen and oxygen atoms in total. The highest BCUT2D eigenvalue weighted by atomic mass is 16.7. The van der Waals surface area contributed by atoms with Gasteiger partial charge in [-0.15, -0.1) is 0 Å². The SMILES string of the molecule is CC1(C(N=[N+]=[N-])c2ccc3c(c2)OCO3)COC1. The lowest BCUT2D eigenvalue weighted by molar-refractivity contribution is -0.115. The van der Waals surface area contributed by atoms with Gasteiger partial charge in [0.1, 0.15) is 0 Å². The van der Waals surface area contributed by atoms with Gasteiger partial charge in [-0.05, 0) is 23.2 Å². The first-order valence-electron chi connectivity index (χ1n) is 5.74. The summed E-state index contributed by atoms with van der Waals surface area (Å²) in [6.07, 6.45) is 0. The van der Waals surface area contributed by atoms with E-state index in [0.29, 0.717) is 19.0 Å². The lowest BCUT2D eigenvalue weighted by Crippen LogP contribution is -2.44. The standard InChI is InChI=1S/C12H13N3O3/c1-12(5-16-6-12)11(14-15-13)8-2-3-9-10(4-8)18-7-17-9/h2-4,11H,5-7H2,1H3. The largest absolute Gasteiger partial charge is 0.454 e. The van der Waals surface area contributed by atoms with Crippen LogP contribution in [0.1, 0.15) is 18.5 Å². The number of benzene rings is 1. The molecule has 0 radical (unpaired) electrons. The molecule has 2 aliphatic heterocycles. The van der Waals surface area contributed by atoms with E-state index in [1.54, 1.807) is 0 Å². The normalized spacial score (nSPS) is 20.7. The summed E-state index contributed by atoms with van der Waals surface area (Å²) in [5, 5.41) is 3.92. The van der Waals surface area contributed by atoms with Crippen molar-refractivity contribution in [2.75, 3.05) is 20.0 Å². The van der Waals surface area contributed by atoms with E-state index in [4.69, 9.17) is 19.7 Å². The van der Waals surface area contributed by atoms with Crippen molar-refractivity contribution in [3.63, 3.8) is 0 Å². The summed E-state index contributed by atoms with van der Waals surface area (Å²) in [6.45, 7) is 3.50. The highest BCUT2D eigenvalue weighted by molar-refractivity contribution is 5.45. The van der Waals surface area contributed by atoms with E-state index < -0.39 is 0 Å². The Hall–Kier alpha value is -1.91. The van der Waals surface area contributed by atoms with Crippen LogP contribution in [0.5, 0.6) is 11.5 Å². The predicted molar refractivity (Wildman–Crippen MR) is 63.4 cm³/mol. The second kappa shape index (κ2) is 4.08. The molecule has 3 rings (SSSR count). The molecule has 0 spiro atoms. The average molecular weight is 247 g/mol. The van der Waals surface area contributed by atoms with Crippen LogP contribution in [0.15, 0.2) is 23.3 Å². The highest BCUT2D eigenvalue weighted by Crippen LogP contribution is 2.45. The fourth-order valence-electron chi connectivity index (χ4n) is 2.33. The number of azide groups is 1. The van der Waals surface area contributed by atoms with E-state index in [0.717, 1.165) is 11.3 Å². The third-order valence-electron chi connectivity index (χ3n) is 3.40. The van der Waals surface area contributed by atoms with Crippen LogP contribution in [-0.2, 0) is 4.74 Å². The van der Waals surface area contributed by atoms with E-state index in [1.165, 1.54) is 0 Å². The first-order valence-corrected chi connectivity index (χ1v) is 5.74. The van der Waals surface area contributed by atoms with Crippen LogP contribution in [0.3, 0.4) is 0 Å². The minimum atomic E-state index is -0.245. The minimum absolute atomic E-state index is 0.139. The van der Waals surface area contributed by atoms with Crippen molar-refractivity contribution in [3.05, 3.63) is 34.2 Å². The lowest BCUT2D eigenvalue weighted by Gasteiger charge is -2.42. The number of hydrogen-bond donors (Lipinski definition) is 0. The van der Waals surface area contributed by atoms with Crippen molar-refractivity contribution in [2.24, 2.45) is 10.5 Å². The molecule has 94 valence electrons. The molecule has 1 saturated heterocycles. The number of ether oxygens (including phenoxy) is 3. The summed E-state index contributed by atoms with van der Waals surface area (Å²) < 4.78 is 15.9. The van der Waals surface area contributed by atoms with Crippen molar-refractivity contribution >= 4 is 0 Å². The summed E-state index contributed by atoms with van der Waals surface area (Å²) in [5.74, 6) is 1.43. The second-order valence-corrected chi connectivity index (χ2v) is 4.87. The molecular formula is C12H13N3O3. The molecule has 0 aromatic heterocycles. The molecule has 1 aromatic carbocycles. The maximum Gasteiger partial charge on any atom is 0.231 e. The number of fused-ring (bicyclic) bond motifs is 1. The van der Waals surface area contributed by atoms with Gasteiger partial charge in [-0.1, -0.05) is 18.1 Å². The topological polar surface area (TPSA) is 76.5 Å². The molecule has 6 heteroatoms. The Labute approximate surface area is 104 Å². The summed E-state index contributed by atoms with van der Waals surface area (Å²) in [6, 6.07) is 5.40. The zero-order chi connectivity index (χ0) is 12.6. The second-order valence-electron chi connectivity index (χ2n) is 4.87. The summed E-state index contributed by atoms with van der Waals surface area (Å²) >= 11 is 0. The first-order chi connectivity index (χ1) is 8.73. The number of rotatable bonds is 3. The molecular weight excluding hydrogens is 234 g/mol. The molecule has 18 heavy (non-hydrogen) atoms. The fourth-order valence-corrected chi connectivity index (χ4v) is 2.33. The quantitative estimate of drug-likeness (QED) is 0.468. The highest BCUT2D eigenvalue weighted by Gasteiger charge is 2.42. The Morgan fingerprint density at radius 3 is 2.78 bits per heavy atom. The Balaban J connectivity index is 1.97. The molecule has 0 saturated carbocycles. The molecule has 1 unspecified atom stereocenters. The molecule has 2 heterocycles. The van der Waals surface area contributed by atoms with Crippen LogP contribution in [-0.4, -0.2) is 20.0 Å². The Kier molecular flexibility index (Phi) is 2.54. The van der Waals surface area contributed by atoms with E-state index in [1.807, 2.05) is 18.2 Å². The zero-order valence-electron chi connectivity index (χ0n) is 10.00. The molecule has 1 atom stereocenters. The van der Waals surface area contributed by atoms with Gasteiger partial charge >= 0.3 is 0 Å². The Morgan fingerprint density at radius 1 is 1.33 bits per heavy atom. The van der Waals surface area contributed by atoms with Gasteiger partial charge in [-0.2, -0.15) is 0 Å². The van der Waals surface area contributed by atoms with Gasteiger partial charge < -0.3 is 14.2 Å². The third-order valence-corrected chi connectivity index (χ3v) is 3.40. The minimum Gasteiger partial charge on any atom is -0.454 e. The van der Waals surface area contributed by atoms with E-state index in [9.17, 15) is 0 Å². The third kappa shape index (κ3) is 1.66. The Bertz CT molecular complexity index is 521. The van der Waals surface area contributed by atoms with Gasteiger partial charge in [0.25, 0.3) is 0 Å². The molecule has 0 aliphatic carbocycles. The van der Waals surface area contributed by atoms with Crippen LogP contribution in [0.25, 0.3) is 10.4 Å². The van der Waals surface area contributed by atoms with Gasteiger partial charge in [0.05, 0.1) is 19.3 Å². The maximum absolute atomic E-state index is 8.74. The van der Waals surface area contributed by atoms with Crippen LogP contribution in [0.2, 0.25) is 0 Å². The molecule has 1 aromatic rings. The van der Waals surface area contributed by atoms with Crippen molar-refractivity contribution in [2.45, 2.75) is 13.0 Å².